The van der Waals surface area contributed by atoms with E-state index in [1.807, 2.05) is 27.7 Å². The number of benzene rings is 2. The van der Waals surface area contributed by atoms with Gasteiger partial charge in [0.05, 0.1) is 0 Å². The molecule has 1 fully saturated rings. The summed E-state index contributed by atoms with van der Waals surface area (Å²) in [5, 5.41) is 0. The van der Waals surface area contributed by atoms with Gasteiger partial charge in [0, 0.05) is 17.4 Å². The standard InChI is InChI=1S/C18H20F2N2.2C2H6/c1-21-12-10-18(11-13-21)22(16-6-2-14(19)3-7-16)17-8-4-15(20)5-9-17;2*1-2/h2-9,18H,10-13H2,1H3;2*1-2H3. The van der Waals surface area contributed by atoms with Crippen molar-refractivity contribution in [2.75, 3.05) is 25.0 Å². The van der Waals surface area contributed by atoms with Crippen molar-refractivity contribution in [1.29, 1.82) is 0 Å². The van der Waals surface area contributed by atoms with E-state index >= 15 is 0 Å². The molecule has 0 aliphatic carbocycles. The van der Waals surface area contributed by atoms with Crippen LogP contribution in [-0.4, -0.2) is 31.1 Å². The Bertz CT molecular complexity index is 558. The Hall–Kier alpha value is -1.94. The summed E-state index contributed by atoms with van der Waals surface area (Å²) in [6.45, 7) is 10.1. The average molecular weight is 363 g/mol. The van der Waals surface area contributed by atoms with E-state index in [9.17, 15) is 8.78 Å². The van der Waals surface area contributed by atoms with Gasteiger partial charge in [-0.2, -0.15) is 0 Å². The Labute approximate surface area is 157 Å². The van der Waals surface area contributed by atoms with Gasteiger partial charge in [-0.25, -0.2) is 8.78 Å². The Balaban J connectivity index is 0.000000791. The van der Waals surface area contributed by atoms with Crippen molar-refractivity contribution in [2.24, 2.45) is 0 Å². The number of halogens is 2. The second-order valence-electron chi connectivity index (χ2n) is 5.86. The number of likely N-dealkylation sites (tertiary alicyclic amines) is 1. The second-order valence-corrected chi connectivity index (χ2v) is 5.86. The topological polar surface area (TPSA) is 6.48 Å². The van der Waals surface area contributed by atoms with Gasteiger partial charge < -0.3 is 9.80 Å². The summed E-state index contributed by atoms with van der Waals surface area (Å²) in [7, 11) is 2.12. The third kappa shape index (κ3) is 6.10. The molecule has 144 valence electrons. The lowest BCUT2D eigenvalue weighted by Gasteiger charge is -2.38. The van der Waals surface area contributed by atoms with Gasteiger partial charge in [-0.1, -0.05) is 27.7 Å². The van der Waals surface area contributed by atoms with Crippen molar-refractivity contribution >= 4 is 11.4 Å². The smallest absolute Gasteiger partial charge is 0.123 e. The van der Waals surface area contributed by atoms with Gasteiger partial charge in [0.2, 0.25) is 0 Å². The van der Waals surface area contributed by atoms with Crippen molar-refractivity contribution in [3.05, 3.63) is 60.2 Å². The molecule has 0 N–H and O–H groups in total. The number of anilines is 2. The molecule has 3 rings (SSSR count). The van der Waals surface area contributed by atoms with Crippen LogP contribution in [0.15, 0.2) is 48.5 Å². The van der Waals surface area contributed by atoms with E-state index in [1.54, 1.807) is 24.3 Å². The van der Waals surface area contributed by atoms with E-state index in [0.29, 0.717) is 6.04 Å². The van der Waals surface area contributed by atoms with Crippen molar-refractivity contribution in [1.82, 2.24) is 4.90 Å². The van der Waals surface area contributed by atoms with Crippen LogP contribution in [-0.2, 0) is 0 Å². The Kier molecular flexibility index (Phi) is 9.89. The maximum absolute atomic E-state index is 13.2. The van der Waals surface area contributed by atoms with Crippen LogP contribution in [0.5, 0.6) is 0 Å². The molecule has 4 heteroatoms. The lowest BCUT2D eigenvalue weighted by Crippen LogP contribution is -2.41. The Morgan fingerprint density at radius 2 is 1.08 bits per heavy atom. The first-order chi connectivity index (χ1) is 12.6. The van der Waals surface area contributed by atoms with Crippen molar-refractivity contribution in [2.45, 2.75) is 46.6 Å². The molecule has 2 aromatic rings. The highest BCUT2D eigenvalue weighted by Gasteiger charge is 2.24. The van der Waals surface area contributed by atoms with Gasteiger partial charge >= 0.3 is 0 Å². The number of hydrogen-bond donors (Lipinski definition) is 0. The molecule has 26 heavy (non-hydrogen) atoms. The van der Waals surface area contributed by atoms with Crippen LogP contribution in [0.1, 0.15) is 40.5 Å². The van der Waals surface area contributed by atoms with Gasteiger partial charge in [0.15, 0.2) is 0 Å². The fourth-order valence-corrected chi connectivity index (χ4v) is 3.03. The van der Waals surface area contributed by atoms with Crippen LogP contribution in [0, 0.1) is 11.6 Å². The van der Waals surface area contributed by atoms with E-state index in [2.05, 4.69) is 16.8 Å². The quantitative estimate of drug-likeness (QED) is 0.637. The van der Waals surface area contributed by atoms with Crippen LogP contribution in [0.3, 0.4) is 0 Å². The van der Waals surface area contributed by atoms with Gasteiger partial charge in [-0.15, -0.1) is 0 Å². The van der Waals surface area contributed by atoms with Gasteiger partial charge in [-0.05, 0) is 81.5 Å². The summed E-state index contributed by atoms with van der Waals surface area (Å²) in [4.78, 5) is 4.51. The lowest BCUT2D eigenvalue weighted by molar-refractivity contribution is 0.255. The van der Waals surface area contributed by atoms with E-state index in [4.69, 9.17) is 0 Å². The number of rotatable bonds is 3. The van der Waals surface area contributed by atoms with E-state index in [1.165, 1.54) is 24.3 Å². The first-order valence-electron chi connectivity index (χ1n) is 9.62. The average Bonchev–Trinajstić information content (AvgIpc) is 2.70. The highest BCUT2D eigenvalue weighted by molar-refractivity contribution is 5.64. The summed E-state index contributed by atoms with van der Waals surface area (Å²) >= 11 is 0. The zero-order valence-electron chi connectivity index (χ0n) is 16.7. The van der Waals surface area contributed by atoms with Crippen molar-refractivity contribution < 1.29 is 8.78 Å². The molecule has 1 heterocycles. The maximum atomic E-state index is 13.2. The summed E-state index contributed by atoms with van der Waals surface area (Å²) in [5.41, 5.74) is 1.89. The lowest BCUT2D eigenvalue weighted by atomic mass is 10.0. The van der Waals surface area contributed by atoms with E-state index in [0.717, 1.165) is 37.3 Å². The molecular formula is C22H32F2N2. The highest BCUT2D eigenvalue weighted by atomic mass is 19.1. The molecular weight excluding hydrogens is 330 g/mol. The van der Waals surface area contributed by atoms with E-state index < -0.39 is 0 Å². The largest absolute Gasteiger partial charge is 0.338 e. The summed E-state index contributed by atoms with van der Waals surface area (Å²) in [6.07, 6.45) is 2.07. The molecule has 0 amide bonds. The van der Waals surface area contributed by atoms with Crippen molar-refractivity contribution in [3.63, 3.8) is 0 Å². The Morgan fingerprint density at radius 1 is 0.731 bits per heavy atom. The van der Waals surface area contributed by atoms with Gasteiger partial charge in [0.25, 0.3) is 0 Å². The molecule has 0 bridgehead atoms. The maximum Gasteiger partial charge on any atom is 0.123 e. The molecule has 2 nitrogen and oxygen atoms in total. The molecule has 0 atom stereocenters. The molecule has 1 saturated heterocycles. The van der Waals surface area contributed by atoms with Gasteiger partial charge in [0.1, 0.15) is 11.6 Å². The molecule has 0 spiro atoms. The fourth-order valence-electron chi connectivity index (χ4n) is 3.03. The normalized spacial score (nSPS) is 14.6. The van der Waals surface area contributed by atoms with E-state index in [-0.39, 0.29) is 11.6 Å². The van der Waals surface area contributed by atoms with Crippen LogP contribution >= 0.6 is 0 Å². The first-order valence-corrected chi connectivity index (χ1v) is 9.62. The first kappa shape index (κ1) is 22.1. The molecule has 0 unspecified atom stereocenters. The molecule has 0 saturated carbocycles. The van der Waals surface area contributed by atoms with Gasteiger partial charge in [-0.3, -0.25) is 0 Å². The van der Waals surface area contributed by atoms with Crippen LogP contribution in [0.4, 0.5) is 20.2 Å². The summed E-state index contributed by atoms with van der Waals surface area (Å²) in [5.74, 6) is -0.489. The molecule has 2 aromatic carbocycles. The third-order valence-electron chi connectivity index (χ3n) is 4.26. The summed E-state index contributed by atoms with van der Waals surface area (Å²) < 4.78 is 26.4. The zero-order valence-corrected chi connectivity index (χ0v) is 16.7. The minimum atomic E-state index is -0.244. The van der Waals surface area contributed by atoms with Crippen molar-refractivity contribution in [3.8, 4) is 0 Å². The molecule has 0 radical (unpaired) electrons. The molecule has 1 aliphatic rings. The number of piperidine rings is 1. The Morgan fingerprint density at radius 3 is 1.42 bits per heavy atom. The SMILES string of the molecule is CC.CC.CN1CCC(N(c2ccc(F)cc2)c2ccc(F)cc2)CC1. The second kappa shape index (κ2) is 11.6. The number of nitrogens with zero attached hydrogens (tertiary/aromatic N) is 2. The summed E-state index contributed by atoms with van der Waals surface area (Å²) in [6, 6.07) is 13.4. The van der Waals surface area contributed by atoms with Crippen LogP contribution in [0.25, 0.3) is 0 Å². The molecule has 0 aromatic heterocycles. The monoisotopic (exact) mass is 362 g/mol. The zero-order chi connectivity index (χ0) is 19.5. The minimum absolute atomic E-state index is 0.244. The fraction of sp³-hybridized carbons (Fsp3) is 0.455. The minimum Gasteiger partial charge on any atom is -0.338 e. The predicted octanol–water partition coefficient (Wildman–Crippen LogP) is 6.25. The highest BCUT2D eigenvalue weighted by Crippen LogP contribution is 2.32. The number of hydrogen-bond acceptors (Lipinski definition) is 2. The third-order valence-corrected chi connectivity index (χ3v) is 4.26. The molecule has 1 aliphatic heterocycles. The van der Waals surface area contributed by atoms with Crippen LogP contribution in [0.2, 0.25) is 0 Å². The van der Waals surface area contributed by atoms with Crippen LogP contribution < -0.4 is 4.90 Å². The predicted molar refractivity (Wildman–Crippen MR) is 108 cm³/mol.